The van der Waals surface area contributed by atoms with Crippen LogP contribution in [-0.2, 0) is 19.1 Å². The van der Waals surface area contributed by atoms with Gasteiger partial charge in [0.2, 0.25) is 5.91 Å². The van der Waals surface area contributed by atoms with Crippen LogP contribution in [0.1, 0.15) is 93.9 Å². The number of hydrogen-bond donors (Lipinski definition) is 2. The van der Waals surface area contributed by atoms with Crippen LogP contribution < -0.4 is 5.32 Å². The highest BCUT2D eigenvalue weighted by atomic mass is 16.5. The molecule has 2 N–H and O–H groups in total. The van der Waals surface area contributed by atoms with Crippen molar-refractivity contribution in [1.82, 2.24) is 10.2 Å². The fraction of sp³-hybridized carbons (Fsp3) is 0.679. The van der Waals surface area contributed by atoms with Crippen molar-refractivity contribution in [3.63, 3.8) is 0 Å². The SMILES string of the molecule is [2H]C(C)(C)C([2H])([2H])OC(=O)[C@H](CC(C)c1ccc(C)c(C)c1)N[C@@H](CC)C(=O)N1[C@H](C(=O)O)CCC1(C)C. The average Bonchev–Trinajstić information content (AvgIpc) is 3.11. The van der Waals surface area contributed by atoms with Gasteiger partial charge in [0.05, 0.1) is 15.3 Å². The van der Waals surface area contributed by atoms with Crippen molar-refractivity contribution in [2.75, 3.05) is 6.56 Å². The second kappa shape index (κ2) is 12.0. The summed E-state index contributed by atoms with van der Waals surface area (Å²) in [6.07, 6.45) is 1.39. The average molecular weight is 492 g/mol. The molecule has 0 bridgehead atoms. The van der Waals surface area contributed by atoms with E-state index >= 15 is 0 Å². The van der Waals surface area contributed by atoms with Gasteiger partial charge in [0.1, 0.15) is 12.1 Å². The van der Waals surface area contributed by atoms with Crippen molar-refractivity contribution < 1.29 is 28.3 Å². The molecule has 0 aromatic heterocycles. The fourth-order valence-electron chi connectivity index (χ4n) is 4.64. The van der Waals surface area contributed by atoms with E-state index in [0.717, 1.165) is 16.7 Å². The maximum atomic E-state index is 13.7. The Hall–Kier alpha value is -2.41. The Morgan fingerprint density at radius 3 is 2.43 bits per heavy atom. The molecule has 0 aliphatic carbocycles. The van der Waals surface area contributed by atoms with E-state index < -0.39 is 54.0 Å². The summed E-state index contributed by atoms with van der Waals surface area (Å²) in [6, 6.07) is 3.13. The minimum atomic E-state index is -2.56. The lowest BCUT2D eigenvalue weighted by Gasteiger charge is -2.37. The van der Waals surface area contributed by atoms with E-state index in [9.17, 15) is 19.5 Å². The number of carbonyl (C=O) groups is 3. The van der Waals surface area contributed by atoms with Crippen molar-refractivity contribution in [3.8, 4) is 0 Å². The summed E-state index contributed by atoms with van der Waals surface area (Å²) in [5.41, 5.74) is 2.57. The molecule has 4 atom stereocenters. The third-order valence-electron chi connectivity index (χ3n) is 6.95. The number of aryl methyl sites for hydroxylation is 2. The molecule has 1 aromatic carbocycles. The van der Waals surface area contributed by atoms with Gasteiger partial charge in [-0.15, -0.1) is 0 Å². The summed E-state index contributed by atoms with van der Waals surface area (Å²) in [5.74, 6) is -4.22. The van der Waals surface area contributed by atoms with E-state index in [0.29, 0.717) is 12.8 Å². The molecule has 1 amide bonds. The smallest absolute Gasteiger partial charge is 0.326 e. The molecule has 1 aliphatic heterocycles. The van der Waals surface area contributed by atoms with E-state index in [-0.39, 0.29) is 18.8 Å². The molecular formula is C28H44N2O5. The second-order valence-corrected chi connectivity index (χ2v) is 10.6. The summed E-state index contributed by atoms with van der Waals surface area (Å²) in [7, 11) is 0. The third-order valence-corrected chi connectivity index (χ3v) is 6.95. The topological polar surface area (TPSA) is 95.9 Å². The van der Waals surface area contributed by atoms with Gasteiger partial charge in [-0.3, -0.25) is 14.9 Å². The highest BCUT2D eigenvalue weighted by molar-refractivity contribution is 5.89. The zero-order valence-corrected chi connectivity index (χ0v) is 22.4. The number of amides is 1. The lowest BCUT2D eigenvalue weighted by molar-refractivity contribution is -0.154. The van der Waals surface area contributed by atoms with Crippen LogP contribution in [0.15, 0.2) is 18.2 Å². The number of hydrogen-bond acceptors (Lipinski definition) is 5. The summed E-state index contributed by atoms with van der Waals surface area (Å²) < 4.78 is 29.6. The first-order valence-electron chi connectivity index (χ1n) is 13.9. The molecule has 1 aliphatic rings. The Bertz CT molecular complexity index is 1040. The summed E-state index contributed by atoms with van der Waals surface area (Å²) >= 11 is 0. The molecule has 7 heteroatoms. The van der Waals surface area contributed by atoms with Crippen LogP contribution in [0, 0.1) is 19.7 Å². The number of ether oxygens (including phenoxy) is 1. The number of benzene rings is 1. The molecule has 35 heavy (non-hydrogen) atoms. The maximum Gasteiger partial charge on any atom is 0.326 e. The number of carboxylic acids is 1. The molecule has 2 rings (SSSR count). The van der Waals surface area contributed by atoms with Crippen LogP contribution in [0.25, 0.3) is 0 Å². The molecule has 1 saturated heterocycles. The van der Waals surface area contributed by atoms with E-state index in [4.69, 9.17) is 8.85 Å². The van der Waals surface area contributed by atoms with Crippen molar-refractivity contribution in [2.45, 2.75) is 111 Å². The minimum Gasteiger partial charge on any atom is -0.480 e. The van der Waals surface area contributed by atoms with Gasteiger partial charge in [-0.1, -0.05) is 45.9 Å². The van der Waals surface area contributed by atoms with Gasteiger partial charge in [-0.2, -0.15) is 0 Å². The molecular weight excluding hydrogens is 444 g/mol. The second-order valence-electron chi connectivity index (χ2n) is 10.6. The normalized spacial score (nSPS) is 21.9. The number of rotatable bonds is 11. The summed E-state index contributed by atoms with van der Waals surface area (Å²) in [6.45, 7) is 11.5. The molecule has 1 unspecified atom stereocenters. The first-order chi connectivity index (χ1) is 17.3. The van der Waals surface area contributed by atoms with Crippen LogP contribution in [0.3, 0.4) is 0 Å². The molecule has 1 fully saturated rings. The van der Waals surface area contributed by atoms with Crippen molar-refractivity contribution in [1.29, 1.82) is 0 Å². The number of likely N-dealkylation sites (tertiary alicyclic amines) is 1. The lowest BCUT2D eigenvalue weighted by atomic mass is 9.91. The molecule has 0 radical (unpaired) electrons. The Morgan fingerprint density at radius 2 is 1.89 bits per heavy atom. The van der Waals surface area contributed by atoms with Gasteiger partial charge in [0.25, 0.3) is 0 Å². The van der Waals surface area contributed by atoms with Crippen LogP contribution in [0.4, 0.5) is 0 Å². The van der Waals surface area contributed by atoms with Gasteiger partial charge in [0.15, 0.2) is 0 Å². The molecule has 7 nitrogen and oxygen atoms in total. The van der Waals surface area contributed by atoms with Crippen LogP contribution >= 0.6 is 0 Å². The Labute approximate surface area is 214 Å². The molecule has 1 aromatic rings. The van der Waals surface area contributed by atoms with Crippen molar-refractivity contribution >= 4 is 17.8 Å². The third kappa shape index (κ3) is 7.29. The van der Waals surface area contributed by atoms with E-state index in [2.05, 4.69) is 5.32 Å². The number of nitrogens with one attached hydrogen (secondary N) is 1. The van der Waals surface area contributed by atoms with E-state index in [1.807, 2.05) is 52.8 Å². The zero-order chi connectivity index (χ0) is 29.2. The predicted molar refractivity (Wildman–Crippen MR) is 137 cm³/mol. The number of carboxylic acid groups (broad SMARTS) is 1. The fourth-order valence-corrected chi connectivity index (χ4v) is 4.64. The van der Waals surface area contributed by atoms with Gasteiger partial charge < -0.3 is 14.7 Å². The molecule has 0 spiro atoms. The highest BCUT2D eigenvalue weighted by Gasteiger charge is 2.47. The van der Waals surface area contributed by atoms with Gasteiger partial charge in [-0.05, 0) is 81.9 Å². The van der Waals surface area contributed by atoms with Crippen molar-refractivity contribution in [2.24, 2.45) is 5.89 Å². The molecule has 0 saturated carbocycles. The zero-order valence-electron chi connectivity index (χ0n) is 25.4. The lowest BCUT2D eigenvalue weighted by Crippen LogP contribution is -2.58. The van der Waals surface area contributed by atoms with Gasteiger partial charge in [0, 0.05) is 6.91 Å². The van der Waals surface area contributed by atoms with Crippen LogP contribution in [0.2, 0.25) is 0 Å². The van der Waals surface area contributed by atoms with E-state index in [1.54, 1.807) is 6.92 Å². The quantitative estimate of drug-likeness (QED) is 0.440. The first-order valence-corrected chi connectivity index (χ1v) is 12.4. The first kappa shape index (κ1) is 24.3. The Balaban J connectivity index is 2.39. The Kier molecular flexibility index (Phi) is 8.34. The minimum absolute atomic E-state index is 0.142. The van der Waals surface area contributed by atoms with Crippen LogP contribution in [-0.4, -0.2) is 58.1 Å². The maximum absolute atomic E-state index is 13.7. The predicted octanol–water partition coefficient (Wildman–Crippen LogP) is 4.59. The van der Waals surface area contributed by atoms with Gasteiger partial charge in [-0.25, -0.2) is 4.79 Å². The number of esters is 1. The van der Waals surface area contributed by atoms with E-state index in [1.165, 1.54) is 18.7 Å². The summed E-state index contributed by atoms with van der Waals surface area (Å²) in [5, 5.41) is 12.8. The standard InChI is InChI=1S/C28H44N2O5/c1-9-22(25(31)30-24(26(32)33)12-13-28(30,7)8)29-23(27(34)35-16-17(2)3)15-20(6)21-11-10-18(4)19(5)14-21/h10-11,14,17,20,22-24,29H,9,12-13,15-16H2,1-8H3,(H,32,33)/t20?,22-,23-,24-/m0/s1/i16D2,17D. The number of carbonyl (C=O) groups excluding carboxylic acids is 2. The molecule has 1 heterocycles. The summed E-state index contributed by atoms with van der Waals surface area (Å²) in [4.78, 5) is 40.4. The monoisotopic (exact) mass is 491 g/mol. The van der Waals surface area contributed by atoms with Gasteiger partial charge >= 0.3 is 11.9 Å². The largest absolute Gasteiger partial charge is 0.480 e. The van der Waals surface area contributed by atoms with Crippen LogP contribution in [0.5, 0.6) is 0 Å². The van der Waals surface area contributed by atoms with Crippen molar-refractivity contribution in [3.05, 3.63) is 34.9 Å². The molecule has 196 valence electrons. The highest BCUT2D eigenvalue weighted by Crippen LogP contribution is 2.34. The Morgan fingerprint density at radius 1 is 1.23 bits per heavy atom. The number of aliphatic carboxylic acids is 1. The number of nitrogens with zero attached hydrogens (tertiary/aromatic N) is 1.